The van der Waals surface area contributed by atoms with Crippen molar-refractivity contribution in [3.63, 3.8) is 0 Å². The van der Waals surface area contributed by atoms with Gasteiger partial charge in [-0.1, -0.05) is 30.3 Å². The highest BCUT2D eigenvalue weighted by atomic mass is 32.2. The van der Waals surface area contributed by atoms with Crippen molar-refractivity contribution in [3.05, 3.63) is 64.3 Å². The number of aryl methyl sites for hydroxylation is 1. The highest BCUT2D eigenvalue weighted by Crippen LogP contribution is 2.22. The minimum absolute atomic E-state index is 0.0959. The molecule has 138 valence electrons. The summed E-state index contributed by atoms with van der Waals surface area (Å²) >= 11 is 0. The summed E-state index contributed by atoms with van der Waals surface area (Å²) in [6, 6.07) is 10.7. The van der Waals surface area contributed by atoms with Gasteiger partial charge in [0.15, 0.2) is 4.90 Å². The molecule has 0 bridgehead atoms. The number of benzene rings is 2. The number of aromatic nitrogens is 2. The molecule has 2 aromatic carbocycles. The molecule has 3 aromatic rings. The van der Waals surface area contributed by atoms with Crippen LogP contribution in [0.15, 0.2) is 53.4 Å². The number of para-hydroxylation sites is 2. The Morgan fingerprint density at radius 3 is 2.48 bits per heavy atom. The third kappa shape index (κ3) is 3.82. The summed E-state index contributed by atoms with van der Waals surface area (Å²) in [4.78, 5) is 29.9. The number of amides is 2. The second-order valence-electron chi connectivity index (χ2n) is 5.43. The largest absolute Gasteiger partial charge is 0.335 e. The van der Waals surface area contributed by atoms with Crippen LogP contribution in [0.3, 0.4) is 0 Å². The van der Waals surface area contributed by atoms with Gasteiger partial charge in [-0.05, 0) is 19.1 Å². The monoisotopic (exact) mass is 387 g/mol. The molecule has 11 heteroatoms. The van der Waals surface area contributed by atoms with Gasteiger partial charge in [0.1, 0.15) is 0 Å². The van der Waals surface area contributed by atoms with Crippen LogP contribution in [0.1, 0.15) is 5.69 Å². The predicted molar refractivity (Wildman–Crippen MR) is 96.7 cm³/mol. The second kappa shape index (κ2) is 6.96. The third-order valence-corrected chi connectivity index (χ3v) is 4.98. The summed E-state index contributed by atoms with van der Waals surface area (Å²) < 4.78 is 26.4. The number of hydrogen-bond acceptors (Lipinski definition) is 7. The highest BCUT2D eigenvalue weighted by molar-refractivity contribution is 7.90. The molecule has 0 saturated carbocycles. The van der Waals surface area contributed by atoms with Crippen molar-refractivity contribution >= 4 is 38.6 Å². The van der Waals surface area contributed by atoms with Crippen LogP contribution in [-0.4, -0.2) is 29.3 Å². The molecule has 0 aliphatic heterocycles. The van der Waals surface area contributed by atoms with Crippen molar-refractivity contribution in [3.8, 4) is 0 Å². The average Bonchev–Trinajstić information content (AvgIpc) is 2.61. The molecule has 0 atom stereocenters. The quantitative estimate of drug-likeness (QED) is 0.516. The van der Waals surface area contributed by atoms with Crippen LogP contribution in [0.4, 0.5) is 16.4 Å². The molecule has 1 aromatic heterocycles. The lowest BCUT2D eigenvalue weighted by Crippen LogP contribution is -2.35. The highest BCUT2D eigenvalue weighted by Gasteiger charge is 2.27. The average molecular weight is 387 g/mol. The number of urea groups is 1. The number of nitrogens with zero attached hydrogens (tertiary/aromatic N) is 3. The Morgan fingerprint density at radius 1 is 1.07 bits per heavy atom. The fourth-order valence-corrected chi connectivity index (χ4v) is 3.51. The number of anilines is 1. The first-order valence-corrected chi connectivity index (χ1v) is 9.07. The van der Waals surface area contributed by atoms with Crippen LogP contribution in [0.5, 0.6) is 0 Å². The molecule has 10 nitrogen and oxygen atoms in total. The Bertz CT molecular complexity index is 1160. The van der Waals surface area contributed by atoms with Crippen LogP contribution in [-0.2, 0) is 10.0 Å². The van der Waals surface area contributed by atoms with Crippen molar-refractivity contribution < 1.29 is 18.1 Å². The molecule has 1 heterocycles. The van der Waals surface area contributed by atoms with Gasteiger partial charge in [0.25, 0.3) is 15.7 Å². The number of carbonyl (C=O) groups excluding carboxylic acids is 1. The van der Waals surface area contributed by atoms with Crippen LogP contribution >= 0.6 is 0 Å². The van der Waals surface area contributed by atoms with Crippen molar-refractivity contribution in [2.45, 2.75) is 11.8 Å². The van der Waals surface area contributed by atoms with Crippen molar-refractivity contribution in [1.82, 2.24) is 14.7 Å². The molecular weight excluding hydrogens is 374 g/mol. The van der Waals surface area contributed by atoms with E-state index in [1.54, 1.807) is 23.8 Å². The number of nitrogens with one attached hydrogen (secondary N) is 2. The number of sulfonamides is 1. The molecule has 0 saturated heterocycles. The fraction of sp³-hybridized carbons (Fsp3) is 0.0625. The lowest BCUT2D eigenvalue weighted by atomic mass is 10.2. The summed E-state index contributed by atoms with van der Waals surface area (Å²) in [5.41, 5.74) is 0.523. The van der Waals surface area contributed by atoms with Crippen molar-refractivity contribution in [2.75, 3.05) is 5.32 Å². The van der Waals surface area contributed by atoms with E-state index in [-0.39, 0.29) is 5.95 Å². The first-order chi connectivity index (χ1) is 12.8. The van der Waals surface area contributed by atoms with Crippen LogP contribution in [0.2, 0.25) is 0 Å². The van der Waals surface area contributed by atoms with Gasteiger partial charge in [-0.2, -0.15) is 0 Å². The fourth-order valence-electron chi connectivity index (χ4n) is 2.43. The third-order valence-electron chi connectivity index (χ3n) is 3.60. The Morgan fingerprint density at radius 2 is 1.74 bits per heavy atom. The van der Waals surface area contributed by atoms with E-state index in [2.05, 4.69) is 15.3 Å². The molecule has 0 spiro atoms. The maximum Gasteiger partial charge on any atom is 0.335 e. The van der Waals surface area contributed by atoms with E-state index < -0.39 is 31.6 Å². The molecule has 27 heavy (non-hydrogen) atoms. The normalized spacial score (nSPS) is 11.1. The lowest BCUT2D eigenvalue weighted by molar-refractivity contribution is -0.387. The van der Waals surface area contributed by atoms with Crippen LogP contribution in [0, 0.1) is 17.0 Å². The molecule has 0 aliphatic carbocycles. The molecule has 3 rings (SSSR count). The summed E-state index contributed by atoms with van der Waals surface area (Å²) in [6.45, 7) is 1.72. The Balaban J connectivity index is 1.85. The predicted octanol–water partition coefficient (Wildman–Crippen LogP) is 2.36. The zero-order valence-corrected chi connectivity index (χ0v) is 14.7. The van der Waals surface area contributed by atoms with Gasteiger partial charge in [-0.3, -0.25) is 15.4 Å². The van der Waals surface area contributed by atoms with E-state index >= 15 is 0 Å². The van der Waals surface area contributed by atoms with E-state index in [0.29, 0.717) is 11.2 Å². The van der Waals surface area contributed by atoms with E-state index in [4.69, 9.17) is 0 Å². The van der Waals surface area contributed by atoms with Gasteiger partial charge in [0, 0.05) is 11.5 Å². The van der Waals surface area contributed by atoms with Crippen LogP contribution < -0.4 is 10.0 Å². The van der Waals surface area contributed by atoms with E-state index in [9.17, 15) is 23.3 Å². The van der Waals surface area contributed by atoms with Crippen molar-refractivity contribution in [2.24, 2.45) is 0 Å². The van der Waals surface area contributed by atoms with Gasteiger partial charge in [-0.15, -0.1) is 0 Å². The summed E-state index contributed by atoms with van der Waals surface area (Å²) in [7, 11) is -4.47. The first kappa shape index (κ1) is 18.2. The second-order valence-corrected chi connectivity index (χ2v) is 7.09. The Labute approximate surface area is 153 Å². The molecule has 0 radical (unpaired) electrons. The number of nitro groups is 1. The molecule has 0 unspecified atom stereocenters. The SMILES string of the molecule is Cc1nc(NC(=O)NS(=O)(=O)c2ccccc2[N+](=O)[O-])nc2ccccc12. The summed E-state index contributed by atoms with van der Waals surface area (Å²) in [5, 5.41) is 14.0. The molecule has 0 aliphatic rings. The Hall–Kier alpha value is -3.60. The van der Waals surface area contributed by atoms with Gasteiger partial charge in [0.05, 0.1) is 16.1 Å². The van der Waals surface area contributed by atoms with Gasteiger partial charge >= 0.3 is 6.03 Å². The van der Waals surface area contributed by atoms with Gasteiger partial charge in [0.2, 0.25) is 5.95 Å². The standard InChI is InChI=1S/C16H13N5O5S/c1-10-11-6-2-3-7-12(11)18-15(17-10)19-16(22)20-27(25,26)14-9-5-4-8-13(14)21(23)24/h2-9H,1H3,(H2,17,18,19,20,22). The Kier molecular flexibility index (Phi) is 4.69. The maximum absolute atomic E-state index is 12.3. The number of hydrogen-bond donors (Lipinski definition) is 2. The summed E-state index contributed by atoms with van der Waals surface area (Å²) in [6.07, 6.45) is 0. The summed E-state index contributed by atoms with van der Waals surface area (Å²) in [5.74, 6) is -0.0959. The minimum atomic E-state index is -4.47. The zero-order valence-electron chi connectivity index (χ0n) is 13.9. The van der Waals surface area contributed by atoms with E-state index in [0.717, 1.165) is 17.5 Å². The first-order valence-electron chi connectivity index (χ1n) is 7.58. The van der Waals surface area contributed by atoms with E-state index in [1.807, 2.05) is 12.1 Å². The van der Waals surface area contributed by atoms with Crippen molar-refractivity contribution in [1.29, 1.82) is 0 Å². The minimum Gasteiger partial charge on any atom is -0.275 e. The maximum atomic E-state index is 12.3. The number of fused-ring (bicyclic) bond motifs is 1. The molecule has 2 N–H and O–H groups in total. The topological polar surface area (TPSA) is 144 Å². The molecule has 0 fully saturated rings. The zero-order chi connectivity index (χ0) is 19.6. The van der Waals surface area contributed by atoms with Gasteiger partial charge < -0.3 is 0 Å². The van der Waals surface area contributed by atoms with Gasteiger partial charge in [-0.25, -0.2) is 27.9 Å². The lowest BCUT2D eigenvalue weighted by Gasteiger charge is -2.09. The number of carbonyl (C=O) groups is 1. The van der Waals surface area contributed by atoms with E-state index in [1.165, 1.54) is 12.1 Å². The molecule has 2 amide bonds. The smallest absolute Gasteiger partial charge is 0.275 e. The van der Waals surface area contributed by atoms with Crippen LogP contribution in [0.25, 0.3) is 10.9 Å². The number of nitro benzene ring substituents is 1. The molecular formula is C16H13N5O5S. The number of rotatable bonds is 4.